The average molecular weight is 437 g/mol. The van der Waals surface area contributed by atoms with Crippen molar-refractivity contribution in [2.45, 2.75) is 26.2 Å². The molecule has 7 nitrogen and oxygen atoms in total. The Labute approximate surface area is 187 Å². The molecule has 2 N–H and O–H groups in total. The maximum absolute atomic E-state index is 13.0. The Morgan fingerprint density at radius 3 is 2.25 bits per heavy atom. The molecule has 3 aromatic rings. The second-order valence-corrected chi connectivity index (χ2v) is 7.59. The van der Waals surface area contributed by atoms with Gasteiger partial charge in [0.15, 0.2) is 17.3 Å². The van der Waals surface area contributed by atoms with Gasteiger partial charge in [0, 0.05) is 12.6 Å². The fourth-order valence-corrected chi connectivity index (χ4v) is 3.25. The summed E-state index contributed by atoms with van der Waals surface area (Å²) in [5, 5.41) is 5.63. The number of hydrogen-bond donors (Lipinski definition) is 2. The van der Waals surface area contributed by atoms with Gasteiger partial charge in [0.05, 0.1) is 31.7 Å². The molecule has 0 saturated heterocycles. The highest BCUT2D eigenvalue weighted by atomic mass is 16.5. The van der Waals surface area contributed by atoms with Crippen LogP contribution in [0.2, 0.25) is 0 Å². The van der Waals surface area contributed by atoms with E-state index in [-0.39, 0.29) is 17.2 Å². The van der Waals surface area contributed by atoms with E-state index in [1.807, 2.05) is 0 Å². The molecule has 0 aliphatic carbocycles. The molecule has 0 spiro atoms. The molecule has 2 amide bonds. The van der Waals surface area contributed by atoms with Crippen molar-refractivity contribution in [2.24, 2.45) is 0 Å². The van der Waals surface area contributed by atoms with Crippen molar-refractivity contribution in [3.05, 3.63) is 77.2 Å². The number of benzene rings is 2. The lowest BCUT2D eigenvalue weighted by Crippen LogP contribution is -2.27. The summed E-state index contributed by atoms with van der Waals surface area (Å²) in [6.45, 7) is 4.75. The van der Waals surface area contributed by atoms with Crippen molar-refractivity contribution in [1.29, 1.82) is 0 Å². The third kappa shape index (κ3) is 5.49. The van der Waals surface area contributed by atoms with Crippen molar-refractivity contribution >= 4 is 17.5 Å². The van der Waals surface area contributed by atoms with Crippen LogP contribution in [-0.2, 0) is 6.42 Å². The first-order chi connectivity index (χ1) is 15.4. The zero-order valence-corrected chi connectivity index (χ0v) is 18.7. The van der Waals surface area contributed by atoms with Gasteiger partial charge in [-0.2, -0.15) is 0 Å². The summed E-state index contributed by atoms with van der Waals surface area (Å²) in [5.41, 5.74) is 2.97. The van der Waals surface area contributed by atoms with E-state index in [1.54, 1.807) is 24.3 Å². The average Bonchev–Trinajstić information content (AvgIpc) is 3.34. The summed E-state index contributed by atoms with van der Waals surface area (Å²) < 4.78 is 15.8. The van der Waals surface area contributed by atoms with Gasteiger partial charge >= 0.3 is 0 Å². The van der Waals surface area contributed by atoms with Gasteiger partial charge in [-0.25, -0.2) is 0 Å². The lowest BCUT2D eigenvalue weighted by Gasteiger charge is -2.15. The highest BCUT2D eigenvalue weighted by Crippen LogP contribution is 2.33. The molecule has 1 aromatic heterocycles. The first-order valence-electron chi connectivity index (χ1n) is 10.4. The second kappa shape index (κ2) is 10.5. The Morgan fingerprint density at radius 1 is 0.969 bits per heavy atom. The number of ether oxygens (including phenoxy) is 2. The Bertz CT molecular complexity index is 1060. The number of rotatable bonds is 9. The van der Waals surface area contributed by atoms with Gasteiger partial charge in [-0.05, 0) is 41.7 Å². The minimum atomic E-state index is -0.471. The van der Waals surface area contributed by atoms with E-state index in [9.17, 15) is 9.59 Å². The van der Waals surface area contributed by atoms with Crippen molar-refractivity contribution < 1.29 is 23.5 Å². The zero-order valence-electron chi connectivity index (χ0n) is 18.7. The predicted molar refractivity (Wildman–Crippen MR) is 123 cm³/mol. The van der Waals surface area contributed by atoms with E-state index >= 15 is 0 Å². The van der Waals surface area contributed by atoms with Crippen molar-refractivity contribution in [3.8, 4) is 11.5 Å². The van der Waals surface area contributed by atoms with E-state index in [0.717, 1.165) is 5.56 Å². The van der Waals surface area contributed by atoms with Crippen LogP contribution in [0.1, 0.15) is 51.8 Å². The summed E-state index contributed by atoms with van der Waals surface area (Å²) in [6.07, 6.45) is 2.09. The molecule has 3 rings (SSSR count). The summed E-state index contributed by atoms with van der Waals surface area (Å²) in [7, 11) is 2.97. The predicted octanol–water partition coefficient (Wildman–Crippen LogP) is 4.65. The Hall–Kier alpha value is -3.74. The number of methoxy groups -OCH3 is 2. The van der Waals surface area contributed by atoms with Crippen LogP contribution in [0.15, 0.2) is 59.2 Å². The zero-order chi connectivity index (χ0) is 23.1. The fourth-order valence-electron chi connectivity index (χ4n) is 3.25. The fraction of sp³-hybridized carbons (Fsp3) is 0.280. The van der Waals surface area contributed by atoms with E-state index in [2.05, 4.69) is 48.7 Å². The Balaban J connectivity index is 1.74. The number of hydrogen-bond acceptors (Lipinski definition) is 5. The molecular formula is C25H28N2O5. The molecule has 0 aliphatic rings. The monoisotopic (exact) mass is 436 g/mol. The third-order valence-corrected chi connectivity index (χ3v) is 5.11. The molecule has 0 fully saturated rings. The number of furan rings is 1. The number of amides is 2. The second-order valence-electron chi connectivity index (χ2n) is 7.59. The minimum absolute atomic E-state index is 0.135. The van der Waals surface area contributed by atoms with Crippen LogP contribution in [0.3, 0.4) is 0 Å². The van der Waals surface area contributed by atoms with Gasteiger partial charge in [-0.15, -0.1) is 0 Å². The Morgan fingerprint density at radius 2 is 1.66 bits per heavy atom. The van der Waals surface area contributed by atoms with Crippen LogP contribution in [-0.4, -0.2) is 32.6 Å². The van der Waals surface area contributed by atoms with Crippen LogP contribution in [0.5, 0.6) is 11.5 Å². The quantitative estimate of drug-likeness (QED) is 0.510. The molecule has 7 heteroatoms. The van der Waals surface area contributed by atoms with Crippen molar-refractivity contribution in [3.63, 3.8) is 0 Å². The summed E-state index contributed by atoms with van der Waals surface area (Å²) in [4.78, 5) is 25.4. The van der Waals surface area contributed by atoms with Crippen LogP contribution in [0.4, 0.5) is 5.69 Å². The molecule has 0 radical (unpaired) electrons. The van der Waals surface area contributed by atoms with Gasteiger partial charge in [-0.1, -0.05) is 38.1 Å². The molecule has 1 heterocycles. The molecular weight excluding hydrogens is 408 g/mol. The molecule has 2 aromatic carbocycles. The third-order valence-electron chi connectivity index (χ3n) is 5.11. The van der Waals surface area contributed by atoms with Gasteiger partial charge in [-0.3, -0.25) is 9.59 Å². The topological polar surface area (TPSA) is 89.8 Å². The highest BCUT2D eigenvalue weighted by molar-refractivity contribution is 6.08. The number of carbonyl (C=O) groups is 2. The molecule has 168 valence electrons. The first-order valence-corrected chi connectivity index (χ1v) is 10.4. The van der Waals surface area contributed by atoms with Crippen LogP contribution in [0.25, 0.3) is 0 Å². The maximum atomic E-state index is 13.0. The van der Waals surface area contributed by atoms with Gasteiger partial charge < -0.3 is 24.5 Å². The lowest BCUT2D eigenvalue weighted by molar-refractivity contribution is 0.0954. The van der Waals surface area contributed by atoms with Gasteiger partial charge in [0.1, 0.15) is 0 Å². The standard InChI is InChI=1S/C25H28N2O5/c1-16(2)18-9-7-17(8-10-18)11-12-26-24(28)19-14-22(30-3)23(31-4)15-20(19)27-25(29)21-6-5-13-32-21/h5-10,13-16H,11-12H2,1-4H3,(H,26,28)(H,27,29). The van der Waals surface area contributed by atoms with Crippen molar-refractivity contribution in [1.82, 2.24) is 5.32 Å². The van der Waals surface area contributed by atoms with Crippen LogP contribution < -0.4 is 20.1 Å². The molecule has 0 saturated carbocycles. The van der Waals surface area contributed by atoms with E-state index in [0.29, 0.717) is 36.1 Å². The number of anilines is 1. The molecule has 0 aliphatic heterocycles. The minimum Gasteiger partial charge on any atom is -0.493 e. The lowest BCUT2D eigenvalue weighted by atomic mass is 10.0. The molecule has 0 unspecified atom stereocenters. The first kappa shape index (κ1) is 22.9. The molecule has 0 atom stereocenters. The highest BCUT2D eigenvalue weighted by Gasteiger charge is 2.20. The largest absolute Gasteiger partial charge is 0.493 e. The number of carbonyl (C=O) groups excluding carboxylic acids is 2. The van der Waals surface area contributed by atoms with Gasteiger partial charge in [0.25, 0.3) is 11.8 Å². The molecule has 32 heavy (non-hydrogen) atoms. The van der Waals surface area contributed by atoms with E-state index in [4.69, 9.17) is 13.9 Å². The maximum Gasteiger partial charge on any atom is 0.291 e. The van der Waals surface area contributed by atoms with Crippen LogP contribution in [0, 0.1) is 0 Å². The van der Waals surface area contributed by atoms with E-state index < -0.39 is 5.91 Å². The summed E-state index contributed by atoms with van der Waals surface area (Å²) in [6, 6.07) is 14.6. The SMILES string of the molecule is COc1cc(NC(=O)c2ccco2)c(C(=O)NCCc2ccc(C(C)C)cc2)cc1OC. The van der Waals surface area contributed by atoms with Gasteiger partial charge in [0.2, 0.25) is 0 Å². The smallest absolute Gasteiger partial charge is 0.291 e. The van der Waals surface area contributed by atoms with Crippen molar-refractivity contribution in [2.75, 3.05) is 26.1 Å². The normalized spacial score (nSPS) is 10.7. The molecule has 0 bridgehead atoms. The Kier molecular flexibility index (Phi) is 7.54. The van der Waals surface area contributed by atoms with Crippen LogP contribution >= 0.6 is 0 Å². The van der Waals surface area contributed by atoms with E-state index in [1.165, 1.54) is 26.0 Å². The number of nitrogens with one attached hydrogen (secondary N) is 2. The summed E-state index contributed by atoms with van der Waals surface area (Å²) in [5.74, 6) is 0.586. The summed E-state index contributed by atoms with van der Waals surface area (Å²) >= 11 is 0.